The first-order valence-electron chi connectivity index (χ1n) is 7.18. The maximum atomic E-state index is 12.1. The molecule has 0 fully saturated rings. The molecule has 0 bridgehead atoms. The predicted octanol–water partition coefficient (Wildman–Crippen LogP) is 1.67. The van der Waals surface area contributed by atoms with Crippen LogP contribution in [0.25, 0.3) is 0 Å². The SMILES string of the molecule is CCCNC(=O)c1cccc(C(=O)NCC(C)(C)C(=O)O)c1. The Morgan fingerprint density at radius 3 is 2.14 bits per heavy atom. The molecular weight excluding hydrogens is 284 g/mol. The van der Waals surface area contributed by atoms with Crippen LogP contribution < -0.4 is 10.6 Å². The normalized spacial score (nSPS) is 10.9. The number of carbonyl (C=O) groups is 3. The highest BCUT2D eigenvalue weighted by Crippen LogP contribution is 2.14. The van der Waals surface area contributed by atoms with Gasteiger partial charge in [-0.2, -0.15) is 0 Å². The second-order valence-corrected chi connectivity index (χ2v) is 5.71. The van der Waals surface area contributed by atoms with E-state index in [-0.39, 0.29) is 12.5 Å². The van der Waals surface area contributed by atoms with Crippen molar-refractivity contribution >= 4 is 17.8 Å². The fourth-order valence-corrected chi connectivity index (χ4v) is 1.62. The largest absolute Gasteiger partial charge is 0.481 e. The Bertz CT molecular complexity index is 567. The van der Waals surface area contributed by atoms with Crippen molar-refractivity contribution in [3.63, 3.8) is 0 Å². The topological polar surface area (TPSA) is 95.5 Å². The molecule has 0 heterocycles. The maximum Gasteiger partial charge on any atom is 0.310 e. The van der Waals surface area contributed by atoms with Crippen LogP contribution in [-0.2, 0) is 4.79 Å². The van der Waals surface area contributed by atoms with Crippen LogP contribution in [-0.4, -0.2) is 36.0 Å². The summed E-state index contributed by atoms with van der Waals surface area (Å²) in [5.74, 6) is -1.62. The number of aliphatic carboxylic acids is 1. The Morgan fingerprint density at radius 2 is 1.64 bits per heavy atom. The van der Waals surface area contributed by atoms with Gasteiger partial charge in [0.2, 0.25) is 0 Å². The number of hydrogen-bond donors (Lipinski definition) is 3. The molecule has 0 spiro atoms. The van der Waals surface area contributed by atoms with E-state index in [0.717, 1.165) is 6.42 Å². The van der Waals surface area contributed by atoms with Crippen LogP contribution in [0.1, 0.15) is 47.9 Å². The Kier molecular flexibility index (Phi) is 6.10. The Labute approximate surface area is 129 Å². The summed E-state index contributed by atoms with van der Waals surface area (Å²) in [6.07, 6.45) is 0.830. The summed E-state index contributed by atoms with van der Waals surface area (Å²) in [6.45, 7) is 5.60. The fourth-order valence-electron chi connectivity index (χ4n) is 1.62. The lowest BCUT2D eigenvalue weighted by atomic mass is 9.94. The molecule has 0 saturated heterocycles. The average Bonchev–Trinajstić information content (AvgIpc) is 2.50. The summed E-state index contributed by atoms with van der Waals surface area (Å²) in [6, 6.07) is 6.33. The molecule has 120 valence electrons. The van der Waals surface area contributed by atoms with E-state index in [1.165, 1.54) is 19.9 Å². The summed E-state index contributed by atoms with van der Waals surface area (Å²) < 4.78 is 0. The van der Waals surface area contributed by atoms with Gasteiger partial charge in [0.1, 0.15) is 0 Å². The molecule has 6 nitrogen and oxygen atoms in total. The van der Waals surface area contributed by atoms with Crippen molar-refractivity contribution in [2.75, 3.05) is 13.1 Å². The second-order valence-electron chi connectivity index (χ2n) is 5.71. The van der Waals surface area contributed by atoms with Crippen LogP contribution in [0, 0.1) is 5.41 Å². The lowest BCUT2D eigenvalue weighted by molar-refractivity contribution is -0.146. The Morgan fingerprint density at radius 1 is 1.09 bits per heavy atom. The van der Waals surface area contributed by atoms with Crippen molar-refractivity contribution < 1.29 is 19.5 Å². The highest BCUT2D eigenvalue weighted by molar-refractivity contribution is 5.99. The van der Waals surface area contributed by atoms with Crippen molar-refractivity contribution in [1.29, 1.82) is 0 Å². The van der Waals surface area contributed by atoms with E-state index in [1.807, 2.05) is 6.92 Å². The average molecular weight is 306 g/mol. The van der Waals surface area contributed by atoms with Crippen LogP contribution in [0.4, 0.5) is 0 Å². The van der Waals surface area contributed by atoms with Crippen LogP contribution >= 0.6 is 0 Å². The standard InChI is InChI=1S/C16H22N2O4/c1-4-8-17-13(19)11-6-5-7-12(9-11)14(20)18-10-16(2,3)15(21)22/h5-7,9H,4,8,10H2,1-3H3,(H,17,19)(H,18,20)(H,21,22). The molecule has 2 amide bonds. The number of amides is 2. The molecule has 1 rings (SSSR count). The zero-order chi connectivity index (χ0) is 16.8. The maximum absolute atomic E-state index is 12.1. The van der Waals surface area contributed by atoms with Gasteiger partial charge in [0.15, 0.2) is 0 Å². The van der Waals surface area contributed by atoms with Gasteiger partial charge in [0.25, 0.3) is 11.8 Å². The molecule has 3 N–H and O–H groups in total. The Hall–Kier alpha value is -2.37. The molecule has 0 aromatic heterocycles. The smallest absolute Gasteiger partial charge is 0.310 e. The van der Waals surface area contributed by atoms with Crippen molar-refractivity contribution in [2.24, 2.45) is 5.41 Å². The van der Waals surface area contributed by atoms with Crippen molar-refractivity contribution in [3.05, 3.63) is 35.4 Å². The van der Waals surface area contributed by atoms with Gasteiger partial charge in [0, 0.05) is 24.2 Å². The molecule has 0 atom stereocenters. The van der Waals surface area contributed by atoms with Crippen LogP contribution in [0.15, 0.2) is 24.3 Å². The van der Waals surface area contributed by atoms with E-state index in [2.05, 4.69) is 10.6 Å². The summed E-state index contributed by atoms with van der Waals surface area (Å²) in [4.78, 5) is 34.9. The first-order chi connectivity index (χ1) is 10.3. The van der Waals surface area contributed by atoms with E-state index < -0.39 is 17.3 Å². The number of hydrogen-bond acceptors (Lipinski definition) is 3. The highest BCUT2D eigenvalue weighted by atomic mass is 16.4. The third-order valence-electron chi connectivity index (χ3n) is 3.19. The van der Waals surface area contributed by atoms with Gasteiger partial charge >= 0.3 is 5.97 Å². The lowest BCUT2D eigenvalue weighted by Gasteiger charge is -2.19. The first-order valence-corrected chi connectivity index (χ1v) is 7.18. The predicted molar refractivity (Wildman–Crippen MR) is 82.8 cm³/mol. The fraction of sp³-hybridized carbons (Fsp3) is 0.438. The van der Waals surface area contributed by atoms with E-state index in [9.17, 15) is 14.4 Å². The summed E-state index contributed by atoms with van der Waals surface area (Å²) in [5, 5.41) is 14.3. The summed E-state index contributed by atoms with van der Waals surface area (Å²) in [5.41, 5.74) is -0.324. The molecule has 1 aromatic rings. The van der Waals surface area contributed by atoms with Crippen LogP contribution in [0.3, 0.4) is 0 Å². The minimum absolute atomic E-state index is 0.00737. The third-order valence-corrected chi connectivity index (χ3v) is 3.19. The van der Waals surface area contributed by atoms with Crippen molar-refractivity contribution in [3.8, 4) is 0 Å². The number of carboxylic acid groups (broad SMARTS) is 1. The Balaban J connectivity index is 2.74. The minimum atomic E-state index is -1.05. The molecule has 0 radical (unpaired) electrons. The monoisotopic (exact) mass is 306 g/mol. The third kappa shape index (κ3) is 4.87. The van der Waals surface area contributed by atoms with E-state index in [0.29, 0.717) is 17.7 Å². The highest BCUT2D eigenvalue weighted by Gasteiger charge is 2.27. The van der Waals surface area contributed by atoms with Gasteiger partial charge in [-0.05, 0) is 38.5 Å². The molecule has 22 heavy (non-hydrogen) atoms. The van der Waals surface area contributed by atoms with Crippen LogP contribution in [0.5, 0.6) is 0 Å². The van der Waals surface area contributed by atoms with Gasteiger partial charge in [-0.1, -0.05) is 13.0 Å². The molecule has 0 aliphatic rings. The molecule has 1 aromatic carbocycles. The second kappa shape index (κ2) is 7.59. The van der Waals surface area contributed by atoms with E-state index in [4.69, 9.17) is 5.11 Å². The van der Waals surface area contributed by atoms with Gasteiger partial charge < -0.3 is 15.7 Å². The van der Waals surface area contributed by atoms with E-state index >= 15 is 0 Å². The quantitative estimate of drug-likeness (QED) is 0.714. The van der Waals surface area contributed by atoms with Gasteiger partial charge in [-0.15, -0.1) is 0 Å². The van der Waals surface area contributed by atoms with Gasteiger partial charge in [0.05, 0.1) is 5.41 Å². The lowest BCUT2D eigenvalue weighted by Crippen LogP contribution is -2.39. The number of carboxylic acids is 1. The van der Waals surface area contributed by atoms with Gasteiger partial charge in [-0.25, -0.2) is 0 Å². The molecule has 0 aliphatic heterocycles. The minimum Gasteiger partial charge on any atom is -0.481 e. The molecule has 0 saturated carbocycles. The zero-order valence-electron chi connectivity index (χ0n) is 13.1. The summed E-state index contributed by atoms with van der Waals surface area (Å²) >= 11 is 0. The van der Waals surface area contributed by atoms with Gasteiger partial charge in [-0.3, -0.25) is 14.4 Å². The molecule has 0 unspecified atom stereocenters. The van der Waals surface area contributed by atoms with Crippen molar-refractivity contribution in [2.45, 2.75) is 27.2 Å². The van der Waals surface area contributed by atoms with E-state index in [1.54, 1.807) is 18.2 Å². The summed E-state index contributed by atoms with van der Waals surface area (Å²) in [7, 11) is 0. The zero-order valence-corrected chi connectivity index (χ0v) is 13.1. The number of carbonyl (C=O) groups excluding carboxylic acids is 2. The first kappa shape index (κ1) is 17.7. The number of rotatable bonds is 7. The molecular formula is C16H22N2O4. The molecule has 0 aliphatic carbocycles. The van der Waals surface area contributed by atoms with Crippen LogP contribution in [0.2, 0.25) is 0 Å². The number of nitrogens with one attached hydrogen (secondary N) is 2. The number of benzene rings is 1. The van der Waals surface area contributed by atoms with Crippen molar-refractivity contribution in [1.82, 2.24) is 10.6 Å². The molecule has 6 heteroatoms.